The quantitative estimate of drug-likeness (QED) is 0.343. The van der Waals surface area contributed by atoms with Crippen LogP contribution in [0.15, 0.2) is 44.6 Å². The first-order valence-corrected chi connectivity index (χ1v) is 13.5. The molecule has 0 heterocycles. The van der Waals surface area contributed by atoms with Gasteiger partial charge in [-0.3, -0.25) is 4.99 Å². The van der Waals surface area contributed by atoms with E-state index in [1.54, 1.807) is 33.8 Å². The summed E-state index contributed by atoms with van der Waals surface area (Å²) in [5.41, 5.74) is 1.59. The number of nitrogens with one attached hydrogen (secondary N) is 1. The summed E-state index contributed by atoms with van der Waals surface area (Å²) in [5, 5.41) is 30.0. The van der Waals surface area contributed by atoms with Gasteiger partial charge in [0.05, 0.1) is 22.6 Å². The summed E-state index contributed by atoms with van der Waals surface area (Å²) >= 11 is 0. The van der Waals surface area contributed by atoms with Crippen LogP contribution in [0.2, 0.25) is 0 Å². The molecule has 0 aliphatic carbocycles. The smallest absolute Gasteiger partial charge is 0.354 e. The summed E-state index contributed by atoms with van der Waals surface area (Å²) in [4.78, 5) is 17.1. The maximum atomic E-state index is 13.5. The Kier molecular flexibility index (Phi) is 8.89. The molecule has 198 valence electrons. The molecule has 5 N–H and O–H groups in total. The van der Waals surface area contributed by atoms with Crippen LogP contribution in [-0.4, -0.2) is 27.2 Å². The fraction of sp³-hybridized carbons (Fsp3) is 0.481. The van der Waals surface area contributed by atoms with Crippen molar-refractivity contribution >= 4 is 28.4 Å². The normalized spacial score (nSPS) is 14.0. The van der Waals surface area contributed by atoms with Gasteiger partial charge in [0.25, 0.3) is 0 Å². The largest absolute Gasteiger partial charge is 0.386 e. The Morgan fingerprint density at radius 1 is 0.972 bits per heavy atom. The number of carbonyl (C=O) groups excluding carboxylic acids is 1. The predicted octanol–water partition coefficient (Wildman–Crippen LogP) is 5.52. The Balaban J connectivity index is 2.63. The third-order valence-electron chi connectivity index (χ3n) is 5.91. The number of hydrogen-bond donors (Lipinski definition) is 4. The van der Waals surface area contributed by atoms with Gasteiger partial charge in [0.2, 0.25) is 0 Å². The summed E-state index contributed by atoms with van der Waals surface area (Å²) in [7, 11) is -3.71. The summed E-state index contributed by atoms with van der Waals surface area (Å²) in [6.45, 7) is 18.4. The summed E-state index contributed by atoms with van der Waals surface area (Å²) in [6.07, 6.45) is 0. The Bertz CT molecular complexity index is 1200. The van der Waals surface area contributed by atoms with Gasteiger partial charge in [-0.25, -0.2) is 14.1 Å². The summed E-state index contributed by atoms with van der Waals surface area (Å²) < 4.78 is 17.3. The molecule has 2 rings (SSSR count). The lowest BCUT2D eigenvalue weighted by atomic mass is 9.90. The molecule has 1 unspecified atom stereocenters. The van der Waals surface area contributed by atoms with Gasteiger partial charge in [-0.05, 0) is 86.2 Å². The summed E-state index contributed by atoms with van der Waals surface area (Å²) in [5.74, 6) is 0.171. The van der Waals surface area contributed by atoms with Crippen molar-refractivity contribution in [3.63, 3.8) is 0 Å². The Labute approximate surface area is 215 Å². The van der Waals surface area contributed by atoms with Gasteiger partial charge in [-0.2, -0.15) is 0 Å². The molecule has 0 radical (unpaired) electrons. The van der Waals surface area contributed by atoms with Crippen LogP contribution < -0.4 is 10.5 Å². The number of aliphatic imine (C=N–C) groups is 1. The van der Waals surface area contributed by atoms with Crippen molar-refractivity contribution in [3.8, 4) is 0 Å². The molecule has 9 heteroatoms. The number of carbonyl (C=O) groups is 1. The van der Waals surface area contributed by atoms with E-state index >= 15 is 0 Å². The number of urea groups is 1. The number of anilines is 1. The van der Waals surface area contributed by atoms with Crippen LogP contribution in [0.3, 0.4) is 0 Å². The molecule has 0 spiro atoms. The Morgan fingerprint density at radius 3 is 1.78 bits per heavy atom. The zero-order valence-electron chi connectivity index (χ0n) is 22.5. The average Bonchev–Trinajstić information content (AvgIpc) is 2.72. The van der Waals surface area contributed by atoms with E-state index < -0.39 is 27.1 Å². The molecular formula is C27H40N4O4S. The van der Waals surface area contributed by atoms with E-state index in [-0.39, 0.29) is 16.7 Å². The second kappa shape index (κ2) is 10.8. The van der Waals surface area contributed by atoms with Crippen LogP contribution in [0.1, 0.15) is 95.0 Å². The zero-order valence-corrected chi connectivity index (χ0v) is 23.4. The number of amides is 2. The molecule has 2 aromatic carbocycles. The lowest BCUT2D eigenvalue weighted by Crippen LogP contribution is -2.24. The van der Waals surface area contributed by atoms with Crippen LogP contribution in [0.4, 0.5) is 10.5 Å². The number of hydrogen-bond acceptors (Lipinski definition) is 5. The van der Waals surface area contributed by atoms with Crippen molar-refractivity contribution in [2.24, 2.45) is 14.5 Å². The van der Waals surface area contributed by atoms with Crippen molar-refractivity contribution < 1.29 is 19.2 Å². The van der Waals surface area contributed by atoms with Crippen molar-refractivity contribution in [2.75, 3.05) is 5.32 Å². The number of nitrogens with zero attached hydrogens (tertiary/aromatic N) is 2. The van der Waals surface area contributed by atoms with E-state index in [2.05, 4.69) is 21.4 Å². The average molecular weight is 517 g/mol. The highest BCUT2D eigenvalue weighted by Crippen LogP contribution is 2.35. The summed E-state index contributed by atoms with van der Waals surface area (Å²) in [6, 6.07) is 7.61. The lowest BCUT2D eigenvalue weighted by molar-refractivity contribution is 0.0713. The van der Waals surface area contributed by atoms with Gasteiger partial charge < -0.3 is 15.5 Å². The van der Waals surface area contributed by atoms with Crippen molar-refractivity contribution in [3.05, 3.63) is 58.1 Å². The third-order valence-corrected chi connectivity index (χ3v) is 7.25. The van der Waals surface area contributed by atoms with Crippen LogP contribution in [0, 0.1) is 0 Å². The van der Waals surface area contributed by atoms with Gasteiger partial charge in [0.15, 0.2) is 0 Å². The van der Waals surface area contributed by atoms with Gasteiger partial charge in [0.1, 0.15) is 9.92 Å². The fourth-order valence-electron chi connectivity index (χ4n) is 3.81. The van der Waals surface area contributed by atoms with E-state index in [0.29, 0.717) is 23.4 Å². The lowest BCUT2D eigenvalue weighted by Gasteiger charge is -2.25. The number of aliphatic hydroxyl groups is 2. The van der Waals surface area contributed by atoms with E-state index in [1.165, 1.54) is 12.1 Å². The molecular weight excluding hydrogens is 476 g/mol. The fourth-order valence-corrected chi connectivity index (χ4v) is 4.80. The second-order valence-corrected chi connectivity index (χ2v) is 12.6. The highest BCUT2D eigenvalue weighted by Gasteiger charge is 2.26. The van der Waals surface area contributed by atoms with E-state index in [9.17, 15) is 19.2 Å². The van der Waals surface area contributed by atoms with Gasteiger partial charge in [-0.15, -0.1) is 4.36 Å². The maximum absolute atomic E-state index is 13.5. The van der Waals surface area contributed by atoms with E-state index in [4.69, 9.17) is 5.14 Å². The molecule has 2 amide bonds. The van der Waals surface area contributed by atoms with E-state index in [0.717, 1.165) is 16.7 Å². The standard InChI is InChI=1S/C27H40N4O4S/c1-16(2)22-10-18(15-29-9)11-23(17(3)4)24(22)30-25(32)31-36(28,35)21-13-19(26(5,6)33)12-20(14-21)27(7,8)34/h10-14,16-17,33-34H,9,15H2,1-8H3,(H3,28,30,31,32,35). The maximum Gasteiger partial charge on any atom is 0.354 e. The van der Waals surface area contributed by atoms with Crippen molar-refractivity contribution in [1.29, 1.82) is 0 Å². The molecule has 36 heavy (non-hydrogen) atoms. The first-order chi connectivity index (χ1) is 16.4. The minimum Gasteiger partial charge on any atom is -0.386 e. The molecule has 0 aliphatic rings. The number of rotatable bonds is 8. The van der Waals surface area contributed by atoms with E-state index in [1.807, 2.05) is 39.8 Å². The van der Waals surface area contributed by atoms with Crippen LogP contribution in [-0.2, 0) is 27.7 Å². The minimum atomic E-state index is -3.71. The molecule has 0 fully saturated rings. The van der Waals surface area contributed by atoms with Gasteiger partial charge in [-0.1, -0.05) is 45.9 Å². The molecule has 2 aromatic rings. The Hall–Kier alpha value is -2.59. The zero-order chi connectivity index (χ0) is 27.6. The van der Waals surface area contributed by atoms with Crippen LogP contribution >= 0.6 is 0 Å². The predicted molar refractivity (Wildman–Crippen MR) is 147 cm³/mol. The molecule has 0 saturated heterocycles. The van der Waals surface area contributed by atoms with Gasteiger partial charge >= 0.3 is 6.03 Å². The van der Waals surface area contributed by atoms with Crippen molar-refractivity contribution in [2.45, 2.75) is 89.9 Å². The van der Waals surface area contributed by atoms with Crippen LogP contribution in [0.5, 0.6) is 0 Å². The molecule has 0 aromatic heterocycles. The number of benzene rings is 2. The third kappa shape index (κ3) is 7.22. The number of nitrogens with two attached hydrogens (primary N) is 1. The Morgan fingerprint density at radius 2 is 1.42 bits per heavy atom. The SMILES string of the molecule is C=NCc1cc(C(C)C)c(NC(=O)N=S(N)(=O)c2cc(C(C)(C)O)cc(C(C)(C)O)c2)c(C(C)C)c1. The molecule has 0 bridgehead atoms. The first kappa shape index (κ1) is 29.6. The highest BCUT2D eigenvalue weighted by atomic mass is 32.2. The van der Waals surface area contributed by atoms with Crippen molar-refractivity contribution in [1.82, 2.24) is 0 Å². The topological polar surface area (TPSA) is 137 Å². The van der Waals surface area contributed by atoms with Gasteiger partial charge in [0, 0.05) is 5.69 Å². The monoisotopic (exact) mass is 516 g/mol. The molecule has 0 saturated carbocycles. The molecule has 8 nitrogen and oxygen atoms in total. The first-order valence-electron chi connectivity index (χ1n) is 11.9. The second-order valence-electron chi connectivity index (χ2n) is 10.8. The minimum absolute atomic E-state index is 0.0370. The van der Waals surface area contributed by atoms with Crippen LogP contribution in [0.25, 0.3) is 0 Å². The molecule has 0 aliphatic heterocycles. The highest BCUT2D eigenvalue weighted by molar-refractivity contribution is 7.91. The molecule has 1 atom stereocenters.